The largest absolute Gasteiger partial charge is 0.455 e. The highest BCUT2D eigenvalue weighted by Gasteiger charge is 2.17. The number of nitrogens with one attached hydrogen (secondary N) is 2. The van der Waals surface area contributed by atoms with Gasteiger partial charge in [0.25, 0.3) is 5.69 Å². The number of nitro groups is 1. The molecule has 0 spiro atoms. The zero-order chi connectivity index (χ0) is 25.6. The third-order valence-electron chi connectivity index (χ3n) is 5.36. The summed E-state index contributed by atoms with van der Waals surface area (Å²) in [6, 6.07) is 17.4. The predicted molar refractivity (Wildman–Crippen MR) is 140 cm³/mol. The molecule has 1 saturated heterocycles. The molecule has 0 saturated carbocycles. The quantitative estimate of drug-likeness (QED) is 0.190. The monoisotopic (exact) mass is 520 g/mol. The molecule has 12 nitrogen and oxygen atoms in total. The Labute approximate surface area is 216 Å². The highest BCUT2D eigenvalue weighted by atomic mass is 35.5. The summed E-state index contributed by atoms with van der Waals surface area (Å²) in [7, 11) is 0. The summed E-state index contributed by atoms with van der Waals surface area (Å²) >= 11 is 5.90. The number of furan rings is 1. The van der Waals surface area contributed by atoms with Crippen molar-refractivity contribution in [3.05, 3.63) is 81.6 Å². The third kappa shape index (κ3) is 6.00. The van der Waals surface area contributed by atoms with Gasteiger partial charge in [0.1, 0.15) is 16.5 Å². The number of aromatic nitrogens is 3. The molecule has 1 fully saturated rings. The van der Waals surface area contributed by atoms with Crippen LogP contribution in [0.15, 0.2) is 70.2 Å². The molecule has 2 aromatic carbocycles. The Morgan fingerprint density at radius 1 is 1.03 bits per heavy atom. The number of morpholine rings is 1. The minimum atomic E-state index is -0.540. The number of hydrogen-bond acceptors (Lipinski definition) is 11. The Hall–Kier alpha value is -4.55. The Balaban J connectivity index is 1.33. The van der Waals surface area contributed by atoms with Gasteiger partial charge >= 0.3 is 0 Å². The minimum absolute atomic E-state index is 0.0567. The van der Waals surface area contributed by atoms with Crippen LogP contribution in [-0.4, -0.2) is 52.4 Å². The Morgan fingerprint density at radius 2 is 1.81 bits per heavy atom. The topological polar surface area (TPSA) is 144 Å². The lowest BCUT2D eigenvalue weighted by atomic mass is 10.1. The zero-order valence-electron chi connectivity index (χ0n) is 19.4. The van der Waals surface area contributed by atoms with Crippen molar-refractivity contribution in [2.24, 2.45) is 5.10 Å². The Kier molecular flexibility index (Phi) is 7.19. The van der Waals surface area contributed by atoms with Crippen molar-refractivity contribution in [2.75, 3.05) is 41.9 Å². The molecule has 5 rings (SSSR count). The standard InChI is InChI=1S/C24H21ClN8O4/c25-19-8-6-16(14-20(19)33(34)35)21-9-7-18(37-21)15-26-31-23-28-22(27-17-4-2-1-3-5-17)29-24(30-23)32-10-12-36-13-11-32/h1-9,14-15H,10-13H2,(H2,27,28,29,30,31)/b26-15-. The summed E-state index contributed by atoms with van der Waals surface area (Å²) < 4.78 is 11.2. The summed E-state index contributed by atoms with van der Waals surface area (Å²) in [5.41, 5.74) is 3.98. The number of rotatable bonds is 8. The van der Waals surface area contributed by atoms with Crippen LogP contribution in [0.2, 0.25) is 5.02 Å². The number of hydrogen-bond donors (Lipinski definition) is 2. The Morgan fingerprint density at radius 3 is 2.59 bits per heavy atom. The van der Waals surface area contributed by atoms with Crippen LogP contribution in [0.3, 0.4) is 0 Å². The molecule has 4 aromatic rings. The van der Waals surface area contributed by atoms with E-state index in [1.807, 2.05) is 35.2 Å². The van der Waals surface area contributed by atoms with Crippen LogP contribution in [0.4, 0.5) is 29.2 Å². The van der Waals surface area contributed by atoms with Gasteiger partial charge in [0.15, 0.2) is 0 Å². The fraction of sp³-hybridized carbons (Fsp3) is 0.167. The van der Waals surface area contributed by atoms with E-state index < -0.39 is 4.92 Å². The van der Waals surface area contributed by atoms with E-state index in [1.54, 1.807) is 18.2 Å². The fourth-order valence-corrected chi connectivity index (χ4v) is 3.75. The summed E-state index contributed by atoms with van der Waals surface area (Å²) in [6.45, 7) is 2.50. The number of nitro benzene ring substituents is 1. The smallest absolute Gasteiger partial charge is 0.288 e. The maximum Gasteiger partial charge on any atom is 0.288 e. The molecule has 0 aliphatic carbocycles. The first-order valence-corrected chi connectivity index (χ1v) is 11.7. The van der Waals surface area contributed by atoms with E-state index in [-0.39, 0.29) is 16.7 Å². The average molecular weight is 521 g/mol. The molecule has 188 valence electrons. The highest BCUT2D eigenvalue weighted by Crippen LogP contribution is 2.31. The third-order valence-corrected chi connectivity index (χ3v) is 5.68. The maximum atomic E-state index is 11.2. The number of halogens is 1. The molecule has 1 aliphatic heterocycles. The van der Waals surface area contributed by atoms with Gasteiger partial charge in [0.2, 0.25) is 17.8 Å². The van der Waals surface area contributed by atoms with Crippen molar-refractivity contribution < 1.29 is 14.1 Å². The lowest BCUT2D eigenvalue weighted by Crippen LogP contribution is -2.37. The van der Waals surface area contributed by atoms with Crippen molar-refractivity contribution in [3.63, 3.8) is 0 Å². The molecule has 2 aromatic heterocycles. The van der Waals surface area contributed by atoms with Crippen LogP contribution in [-0.2, 0) is 4.74 Å². The Bertz CT molecular complexity index is 1420. The molecule has 0 atom stereocenters. The van der Waals surface area contributed by atoms with Crippen molar-refractivity contribution in [1.82, 2.24) is 15.0 Å². The van der Waals surface area contributed by atoms with Crippen LogP contribution >= 0.6 is 11.6 Å². The van der Waals surface area contributed by atoms with Crippen LogP contribution in [0, 0.1) is 10.1 Å². The molecule has 2 N–H and O–H groups in total. The average Bonchev–Trinajstić information content (AvgIpc) is 3.39. The molecule has 37 heavy (non-hydrogen) atoms. The van der Waals surface area contributed by atoms with E-state index in [4.69, 9.17) is 20.8 Å². The summed E-state index contributed by atoms with van der Waals surface area (Å²) in [6.07, 6.45) is 1.45. The van der Waals surface area contributed by atoms with Crippen LogP contribution in [0.25, 0.3) is 11.3 Å². The van der Waals surface area contributed by atoms with Gasteiger partial charge in [-0.1, -0.05) is 29.8 Å². The van der Waals surface area contributed by atoms with E-state index in [1.165, 1.54) is 18.3 Å². The number of benzene rings is 2. The maximum absolute atomic E-state index is 11.2. The summed E-state index contributed by atoms with van der Waals surface area (Å²) in [5.74, 6) is 1.96. The second-order valence-corrected chi connectivity index (χ2v) is 8.28. The lowest BCUT2D eigenvalue weighted by molar-refractivity contribution is -0.384. The van der Waals surface area contributed by atoms with Crippen molar-refractivity contribution in [2.45, 2.75) is 0 Å². The second-order valence-electron chi connectivity index (χ2n) is 7.87. The van der Waals surface area contributed by atoms with Gasteiger partial charge in [0, 0.05) is 30.4 Å². The molecule has 13 heteroatoms. The normalized spacial score (nSPS) is 13.6. The highest BCUT2D eigenvalue weighted by molar-refractivity contribution is 6.32. The minimum Gasteiger partial charge on any atom is -0.455 e. The van der Waals surface area contributed by atoms with Gasteiger partial charge in [-0.05, 0) is 36.4 Å². The molecular weight excluding hydrogens is 500 g/mol. The number of hydrazone groups is 1. The van der Waals surface area contributed by atoms with E-state index >= 15 is 0 Å². The molecule has 1 aliphatic rings. The fourth-order valence-electron chi connectivity index (χ4n) is 3.56. The van der Waals surface area contributed by atoms with Crippen molar-refractivity contribution >= 4 is 47.0 Å². The van der Waals surface area contributed by atoms with Crippen molar-refractivity contribution in [1.29, 1.82) is 0 Å². The van der Waals surface area contributed by atoms with Crippen molar-refractivity contribution in [3.8, 4) is 11.3 Å². The molecular formula is C24H21ClN8O4. The van der Waals surface area contributed by atoms with Gasteiger partial charge in [-0.15, -0.1) is 0 Å². The van der Waals surface area contributed by atoms with E-state index in [0.717, 1.165) is 5.69 Å². The molecule has 0 radical (unpaired) electrons. The van der Waals surface area contributed by atoms with E-state index in [0.29, 0.717) is 55.3 Å². The van der Waals surface area contributed by atoms with Crippen LogP contribution < -0.4 is 15.6 Å². The number of para-hydroxylation sites is 1. The first-order chi connectivity index (χ1) is 18.0. The van der Waals surface area contributed by atoms with Gasteiger partial charge < -0.3 is 19.4 Å². The molecule has 0 bridgehead atoms. The number of nitrogens with zero attached hydrogens (tertiary/aromatic N) is 6. The molecule has 0 unspecified atom stereocenters. The van der Waals surface area contributed by atoms with Gasteiger partial charge in [-0.25, -0.2) is 5.43 Å². The summed E-state index contributed by atoms with van der Waals surface area (Å²) in [5, 5.41) is 18.6. The number of ether oxygens (including phenoxy) is 1. The van der Waals surface area contributed by atoms with Gasteiger partial charge in [-0.3, -0.25) is 10.1 Å². The molecule has 3 heterocycles. The second kappa shape index (κ2) is 11.0. The van der Waals surface area contributed by atoms with Crippen LogP contribution in [0.1, 0.15) is 5.76 Å². The first kappa shape index (κ1) is 24.2. The lowest BCUT2D eigenvalue weighted by Gasteiger charge is -2.27. The summed E-state index contributed by atoms with van der Waals surface area (Å²) in [4.78, 5) is 26.1. The van der Waals surface area contributed by atoms with Gasteiger partial charge in [0.05, 0.1) is 24.4 Å². The number of anilines is 4. The SMILES string of the molecule is O=[N+]([O-])c1cc(-c2ccc(/C=N\Nc3nc(Nc4ccccc4)nc(N4CCOCC4)n3)o2)ccc1Cl. The van der Waals surface area contributed by atoms with Gasteiger partial charge in [-0.2, -0.15) is 20.1 Å². The zero-order valence-corrected chi connectivity index (χ0v) is 20.1. The molecule has 0 amide bonds. The van der Waals surface area contributed by atoms with Crippen LogP contribution in [0.5, 0.6) is 0 Å². The predicted octanol–water partition coefficient (Wildman–Crippen LogP) is 4.72. The van der Waals surface area contributed by atoms with E-state index in [2.05, 4.69) is 30.8 Å². The van der Waals surface area contributed by atoms with E-state index in [9.17, 15) is 10.1 Å². The first-order valence-electron chi connectivity index (χ1n) is 11.3.